The molecule has 0 unspecified atom stereocenters. The zero-order chi connectivity index (χ0) is 13.4. The van der Waals surface area contributed by atoms with Gasteiger partial charge in [0, 0.05) is 11.1 Å². The summed E-state index contributed by atoms with van der Waals surface area (Å²) >= 11 is 0. The molecule has 1 aromatic rings. The smallest absolute Gasteiger partial charge is 0.339 e. The van der Waals surface area contributed by atoms with Crippen molar-refractivity contribution in [1.82, 2.24) is 0 Å². The van der Waals surface area contributed by atoms with Crippen LogP contribution < -0.4 is 5.73 Å². The van der Waals surface area contributed by atoms with Crippen molar-refractivity contribution in [3.63, 3.8) is 0 Å². The third kappa shape index (κ3) is 2.14. The van der Waals surface area contributed by atoms with Crippen LogP contribution in [-0.4, -0.2) is 5.97 Å². The van der Waals surface area contributed by atoms with Gasteiger partial charge in [-0.05, 0) is 49.5 Å². The molecule has 3 rings (SSSR count). The van der Waals surface area contributed by atoms with Crippen LogP contribution in [0, 0.1) is 5.82 Å². The summed E-state index contributed by atoms with van der Waals surface area (Å²) in [5.41, 5.74) is 8.16. The van der Waals surface area contributed by atoms with Crippen LogP contribution in [0.4, 0.5) is 10.1 Å². The molecule has 0 saturated heterocycles. The highest BCUT2D eigenvalue weighted by Crippen LogP contribution is 2.37. The number of nitrogen functional groups attached to an aromatic ring is 1. The maximum absolute atomic E-state index is 13.1. The molecule has 1 aromatic carbocycles. The van der Waals surface area contributed by atoms with E-state index >= 15 is 0 Å². The Morgan fingerprint density at radius 3 is 2.68 bits per heavy atom. The lowest BCUT2D eigenvalue weighted by Gasteiger charge is -2.10. The number of ether oxygens (including phenoxy) is 1. The fourth-order valence-electron chi connectivity index (χ4n) is 2.55. The van der Waals surface area contributed by atoms with E-state index in [0.717, 1.165) is 42.4 Å². The number of carbonyl (C=O) groups is 1. The Bertz CT molecular complexity index is 617. The predicted molar refractivity (Wildman–Crippen MR) is 70.4 cm³/mol. The molecule has 1 aliphatic carbocycles. The van der Waals surface area contributed by atoms with E-state index in [2.05, 4.69) is 0 Å². The first-order chi connectivity index (χ1) is 9.15. The Morgan fingerprint density at radius 2 is 1.95 bits per heavy atom. The van der Waals surface area contributed by atoms with E-state index in [1.807, 2.05) is 0 Å². The molecule has 1 aliphatic heterocycles. The number of carbonyl (C=O) groups excluding carboxylic acids is 1. The molecule has 0 amide bonds. The molecule has 3 nitrogen and oxygen atoms in total. The Hall–Kier alpha value is -2.10. The zero-order valence-electron chi connectivity index (χ0n) is 10.4. The van der Waals surface area contributed by atoms with E-state index in [0.29, 0.717) is 5.76 Å². The second-order valence-corrected chi connectivity index (χ2v) is 4.84. The molecule has 2 aliphatic rings. The molecule has 0 radical (unpaired) electrons. The third-order valence-electron chi connectivity index (χ3n) is 3.53. The SMILES string of the molecule is Nc1cc(C=C2OC(=O)C3=C2CCCC3)ccc1F. The van der Waals surface area contributed by atoms with Gasteiger partial charge in [0.1, 0.15) is 11.6 Å². The second kappa shape index (κ2) is 4.53. The first-order valence-electron chi connectivity index (χ1n) is 6.36. The lowest BCUT2D eigenvalue weighted by atomic mass is 9.92. The van der Waals surface area contributed by atoms with Crippen LogP contribution in [-0.2, 0) is 9.53 Å². The highest BCUT2D eigenvalue weighted by molar-refractivity contribution is 5.95. The van der Waals surface area contributed by atoms with Gasteiger partial charge in [0.2, 0.25) is 0 Å². The molecule has 2 N–H and O–H groups in total. The van der Waals surface area contributed by atoms with Crippen LogP contribution in [0.15, 0.2) is 35.1 Å². The van der Waals surface area contributed by atoms with Gasteiger partial charge in [0.25, 0.3) is 0 Å². The number of anilines is 1. The summed E-state index contributed by atoms with van der Waals surface area (Å²) in [6.45, 7) is 0. The number of allylic oxidation sites excluding steroid dienone is 1. The molecule has 0 atom stereocenters. The molecule has 0 aromatic heterocycles. The number of nitrogens with two attached hydrogens (primary N) is 1. The first kappa shape index (κ1) is 12.0. The molecule has 1 heterocycles. The highest BCUT2D eigenvalue weighted by Gasteiger charge is 2.31. The Balaban J connectivity index is 1.98. The standard InChI is InChI=1S/C15H14FNO2/c16-12-6-5-9(7-13(12)17)8-14-10-3-1-2-4-11(10)15(18)19-14/h5-8H,1-4,17H2. The van der Waals surface area contributed by atoms with Crippen molar-refractivity contribution in [2.75, 3.05) is 5.73 Å². The van der Waals surface area contributed by atoms with Crippen LogP contribution in [0.1, 0.15) is 31.2 Å². The predicted octanol–water partition coefficient (Wildman–Crippen LogP) is 3.18. The average Bonchev–Trinajstić information content (AvgIpc) is 2.72. The maximum atomic E-state index is 13.1. The van der Waals surface area contributed by atoms with Crippen LogP contribution >= 0.6 is 0 Å². The number of halogens is 1. The van der Waals surface area contributed by atoms with E-state index in [4.69, 9.17) is 10.5 Å². The van der Waals surface area contributed by atoms with Crippen molar-refractivity contribution in [1.29, 1.82) is 0 Å². The summed E-state index contributed by atoms with van der Waals surface area (Å²) in [6, 6.07) is 4.47. The largest absolute Gasteiger partial charge is 0.423 e. The number of cyclic esters (lactones) is 1. The molecular formula is C15H14FNO2. The van der Waals surface area contributed by atoms with E-state index < -0.39 is 5.82 Å². The Morgan fingerprint density at radius 1 is 1.21 bits per heavy atom. The lowest BCUT2D eigenvalue weighted by molar-refractivity contribution is -0.133. The quantitative estimate of drug-likeness (QED) is 0.622. The number of hydrogen-bond acceptors (Lipinski definition) is 3. The number of esters is 1. The first-order valence-corrected chi connectivity index (χ1v) is 6.36. The Labute approximate surface area is 110 Å². The molecule has 0 saturated carbocycles. The van der Waals surface area contributed by atoms with Crippen molar-refractivity contribution in [3.05, 3.63) is 46.5 Å². The van der Waals surface area contributed by atoms with Crippen molar-refractivity contribution < 1.29 is 13.9 Å². The second-order valence-electron chi connectivity index (χ2n) is 4.84. The minimum absolute atomic E-state index is 0.0940. The molecule has 19 heavy (non-hydrogen) atoms. The fraction of sp³-hybridized carbons (Fsp3) is 0.267. The highest BCUT2D eigenvalue weighted by atomic mass is 19.1. The van der Waals surface area contributed by atoms with Gasteiger partial charge in [0.15, 0.2) is 0 Å². The summed E-state index contributed by atoms with van der Waals surface area (Å²) < 4.78 is 18.4. The van der Waals surface area contributed by atoms with Crippen LogP contribution in [0.3, 0.4) is 0 Å². The van der Waals surface area contributed by atoms with Gasteiger partial charge < -0.3 is 10.5 Å². The molecule has 0 spiro atoms. The van der Waals surface area contributed by atoms with Gasteiger partial charge in [-0.2, -0.15) is 0 Å². The van der Waals surface area contributed by atoms with Crippen molar-refractivity contribution >= 4 is 17.7 Å². The normalized spacial score (nSPS) is 20.7. The molecular weight excluding hydrogens is 245 g/mol. The van der Waals surface area contributed by atoms with Crippen LogP contribution in [0.2, 0.25) is 0 Å². The Kier molecular flexibility index (Phi) is 2.85. The van der Waals surface area contributed by atoms with E-state index in [1.165, 1.54) is 12.1 Å². The average molecular weight is 259 g/mol. The molecule has 4 heteroatoms. The zero-order valence-corrected chi connectivity index (χ0v) is 10.4. The van der Waals surface area contributed by atoms with Gasteiger partial charge in [-0.15, -0.1) is 0 Å². The minimum atomic E-state index is -0.442. The van der Waals surface area contributed by atoms with E-state index in [-0.39, 0.29) is 11.7 Å². The number of rotatable bonds is 1. The minimum Gasteiger partial charge on any atom is -0.423 e. The van der Waals surface area contributed by atoms with Crippen LogP contribution in [0.5, 0.6) is 0 Å². The summed E-state index contributed by atoms with van der Waals surface area (Å²) in [7, 11) is 0. The number of benzene rings is 1. The molecule has 0 bridgehead atoms. The van der Waals surface area contributed by atoms with E-state index in [1.54, 1.807) is 12.1 Å². The molecule has 98 valence electrons. The topological polar surface area (TPSA) is 52.3 Å². The summed E-state index contributed by atoms with van der Waals surface area (Å²) in [5.74, 6) is -0.0927. The summed E-state index contributed by atoms with van der Waals surface area (Å²) in [5, 5.41) is 0. The van der Waals surface area contributed by atoms with Crippen LogP contribution in [0.25, 0.3) is 6.08 Å². The number of hydrogen-bond donors (Lipinski definition) is 1. The third-order valence-corrected chi connectivity index (χ3v) is 3.53. The van der Waals surface area contributed by atoms with E-state index in [9.17, 15) is 9.18 Å². The van der Waals surface area contributed by atoms with Gasteiger partial charge >= 0.3 is 5.97 Å². The molecule has 0 fully saturated rings. The van der Waals surface area contributed by atoms with Gasteiger partial charge in [-0.3, -0.25) is 0 Å². The fourth-order valence-corrected chi connectivity index (χ4v) is 2.55. The van der Waals surface area contributed by atoms with Gasteiger partial charge in [-0.25, -0.2) is 9.18 Å². The monoisotopic (exact) mass is 259 g/mol. The lowest BCUT2D eigenvalue weighted by Crippen LogP contribution is -2.01. The maximum Gasteiger partial charge on any atom is 0.339 e. The summed E-state index contributed by atoms with van der Waals surface area (Å²) in [4.78, 5) is 11.7. The van der Waals surface area contributed by atoms with Crippen molar-refractivity contribution in [2.24, 2.45) is 0 Å². The van der Waals surface area contributed by atoms with Gasteiger partial charge in [-0.1, -0.05) is 6.07 Å². The van der Waals surface area contributed by atoms with Gasteiger partial charge in [0.05, 0.1) is 5.69 Å². The summed E-state index contributed by atoms with van der Waals surface area (Å²) in [6.07, 6.45) is 5.51. The van der Waals surface area contributed by atoms with Crippen molar-refractivity contribution in [2.45, 2.75) is 25.7 Å². The van der Waals surface area contributed by atoms with Crippen molar-refractivity contribution in [3.8, 4) is 0 Å².